The standard InChI is InChI=1S/C13H9.C11H8BrS.2ClH.H2S.Zr/c1-3-7-12-10(5-1)9-11-6-2-4-8-13(11)12;12-11-9-5-7-3-1-2-4-8(7)10(9)6-13-11;;;;/h1-5,7-8H,9H2;1-6,10-11H;2*1H;1H2;/q;;;;;+3/p-3. The number of benzene rings is 3. The van der Waals surface area contributed by atoms with Crippen molar-refractivity contribution in [3.8, 4) is 11.1 Å². The fraction of sp³-hybridized carbons (Fsp3) is 0.167. The summed E-state index contributed by atoms with van der Waals surface area (Å²) in [6.07, 6.45) is 3.19. The molecule has 0 bridgehead atoms. The first kappa shape index (κ1) is 20.6. The van der Waals surface area contributed by atoms with Gasteiger partial charge in [-0.25, -0.2) is 0 Å². The van der Waals surface area contributed by atoms with Crippen LogP contribution in [0.2, 0.25) is 0 Å². The van der Waals surface area contributed by atoms with Gasteiger partial charge in [0.15, 0.2) is 0 Å². The predicted octanol–water partition coefficient (Wildman–Crippen LogP) is 7.70. The number of hydrogen-bond acceptors (Lipinski definition) is 2. The van der Waals surface area contributed by atoms with Gasteiger partial charge in [-0.3, -0.25) is 0 Å². The molecule has 3 unspecified atom stereocenters. The number of alkyl halides is 1. The van der Waals surface area contributed by atoms with Crippen LogP contribution in [0.3, 0.4) is 0 Å². The fourth-order valence-electron chi connectivity index (χ4n) is 5.33. The maximum atomic E-state index is 7.62. The molecule has 0 nitrogen and oxygen atoms in total. The first-order valence-electron chi connectivity index (χ1n) is 9.96. The molecule has 6 heteroatoms. The summed E-state index contributed by atoms with van der Waals surface area (Å²) in [4.78, 5) is 0. The third kappa shape index (κ3) is 2.90. The van der Waals surface area contributed by atoms with E-state index in [-0.39, 0.29) is 13.0 Å². The van der Waals surface area contributed by atoms with Crippen LogP contribution in [0.4, 0.5) is 0 Å². The van der Waals surface area contributed by atoms with E-state index in [0.29, 0.717) is 0 Å². The second-order valence-electron chi connectivity index (χ2n) is 8.32. The molecule has 3 aromatic rings. The van der Waals surface area contributed by atoms with Gasteiger partial charge in [0.25, 0.3) is 0 Å². The van der Waals surface area contributed by atoms with Gasteiger partial charge in [-0.1, -0.05) is 0 Å². The van der Waals surface area contributed by atoms with Crippen molar-refractivity contribution in [1.29, 1.82) is 0 Å². The van der Waals surface area contributed by atoms with Gasteiger partial charge in [-0.2, -0.15) is 0 Å². The fourth-order valence-corrected chi connectivity index (χ4v) is 27.2. The predicted molar refractivity (Wildman–Crippen MR) is 136 cm³/mol. The third-order valence-corrected chi connectivity index (χ3v) is 30.2. The Hall–Kier alpha value is 0.0431. The van der Waals surface area contributed by atoms with Crippen LogP contribution in [-0.2, 0) is 21.4 Å². The first-order valence-corrected chi connectivity index (χ1v) is 24.5. The van der Waals surface area contributed by atoms with E-state index in [1.165, 1.54) is 39.0 Å². The van der Waals surface area contributed by atoms with Crippen LogP contribution in [0.15, 0.2) is 72.3 Å². The Labute approximate surface area is 201 Å². The monoisotopic (exact) mass is 609 g/mol. The van der Waals surface area contributed by atoms with Crippen LogP contribution in [0.25, 0.3) is 17.2 Å². The van der Waals surface area contributed by atoms with Gasteiger partial charge in [0.1, 0.15) is 0 Å². The minimum atomic E-state index is -4.72. The van der Waals surface area contributed by atoms with Gasteiger partial charge in [0, 0.05) is 0 Å². The van der Waals surface area contributed by atoms with Crippen LogP contribution >= 0.6 is 54.1 Å². The van der Waals surface area contributed by atoms with Gasteiger partial charge in [-0.05, 0) is 0 Å². The van der Waals surface area contributed by atoms with Crippen molar-refractivity contribution < 1.29 is 14.9 Å². The van der Waals surface area contributed by atoms with Crippen LogP contribution in [0.5, 0.6) is 0 Å². The van der Waals surface area contributed by atoms with Gasteiger partial charge in [0.05, 0.1) is 0 Å². The van der Waals surface area contributed by atoms with Crippen molar-refractivity contribution in [2.24, 2.45) is 0 Å². The van der Waals surface area contributed by atoms with E-state index in [0.717, 1.165) is 9.69 Å². The Morgan fingerprint density at radius 2 is 1.67 bits per heavy atom. The summed E-state index contributed by atoms with van der Waals surface area (Å²) in [5, 5.41) is 0. The number of halogens is 3. The molecular formula is C24H18BrCl2S2Zr. The molecule has 1 heterocycles. The second-order valence-corrected chi connectivity index (χ2v) is 39.1. The number of fused-ring (bicyclic) bond motifs is 6. The average Bonchev–Trinajstić information content (AvgIpc) is 3.39. The molecule has 0 N–H and O–H groups in total. The van der Waals surface area contributed by atoms with E-state index in [9.17, 15) is 0 Å². The molecule has 1 aliphatic heterocycles. The summed E-state index contributed by atoms with van der Waals surface area (Å²) < 4.78 is 1.39. The van der Waals surface area contributed by atoms with Crippen molar-refractivity contribution in [1.82, 2.24) is 0 Å². The van der Waals surface area contributed by atoms with Crippen molar-refractivity contribution in [2.75, 3.05) is 0 Å². The summed E-state index contributed by atoms with van der Waals surface area (Å²) in [7, 11) is 20.5. The molecule has 3 aromatic carbocycles. The van der Waals surface area contributed by atoms with E-state index in [1.807, 2.05) is 11.8 Å². The molecule has 1 fully saturated rings. The number of thioether (sulfide) groups is 1. The Bertz CT molecular complexity index is 1250. The summed E-state index contributed by atoms with van der Waals surface area (Å²) in [6.45, 7) is 0. The Balaban J connectivity index is 1.52. The number of rotatable bonds is 2. The minimum absolute atomic E-state index is 0.0626. The SMILES string of the molecule is [SH][Zr]([Cl])([Cl])([c]1cccc2c1Cc1ccccc1-2)[CH]1SC(Br)C2=Cc3ccccc3C21. The van der Waals surface area contributed by atoms with Crippen LogP contribution < -0.4 is 3.27 Å². The molecule has 1 saturated heterocycles. The van der Waals surface area contributed by atoms with Crippen molar-refractivity contribution in [3.63, 3.8) is 0 Å². The van der Waals surface area contributed by atoms with E-state index in [1.54, 1.807) is 0 Å². The second kappa shape index (κ2) is 7.02. The average molecular weight is 613 g/mol. The summed E-state index contributed by atoms with van der Waals surface area (Å²) in [6, 6.07) is 23.7. The number of hydrogen-bond donors (Lipinski definition) is 1. The molecule has 0 aromatic heterocycles. The van der Waals surface area contributed by atoms with E-state index in [4.69, 9.17) is 26.4 Å². The van der Waals surface area contributed by atoms with Crippen molar-refractivity contribution >= 4 is 63.5 Å². The Morgan fingerprint density at radius 1 is 0.933 bits per heavy atom. The molecule has 3 atom stereocenters. The zero-order valence-corrected chi connectivity index (χ0v) is 23.1. The molecule has 151 valence electrons. The Kier molecular flexibility index (Phi) is 4.83. The Morgan fingerprint density at radius 3 is 2.53 bits per heavy atom. The van der Waals surface area contributed by atoms with Crippen LogP contribution in [0.1, 0.15) is 28.2 Å². The zero-order valence-electron chi connectivity index (χ0n) is 15.9. The first-order chi connectivity index (χ1) is 14.3. The third-order valence-electron chi connectivity index (χ3n) is 6.66. The van der Waals surface area contributed by atoms with E-state index >= 15 is 0 Å². The molecule has 3 aliphatic rings. The van der Waals surface area contributed by atoms with Crippen molar-refractivity contribution in [2.45, 2.75) is 19.5 Å². The summed E-state index contributed by atoms with van der Waals surface area (Å²) >= 11 is 1.02. The maximum absolute atomic E-state index is 7.62. The topological polar surface area (TPSA) is 0 Å². The van der Waals surface area contributed by atoms with E-state index < -0.39 is 14.9 Å². The van der Waals surface area contributed by atoms with Crippen molar-refractivity contribution in [3.05, 3.63) is 94.6 Å². The zero-order chi connectivity index (χ0) is 20.7. The van der Waals surface area contributed by atoms with Crippen LogP contribution in [0, 0.1) is 0 Å². The summed E-state index contributed by atoms with van der Waals surface area (Å²) in [5.41, 5.74) is 9.17. The molecule has 0 spiro atoms. The molecule has 2 aliphatic carbocycles. The van der Waals surface area contributed by atoms with Gasteiger partial charge in [0.2, 0.25) is 0 Å². The molecule has 0 saturated carbocycles. The summed E-state index contributed by atoms with van der Waals surface area (Å²) in [5.74, 6) is 0.216. The molecule has 6 rings (SSSR count). The molecule has 0 radical (unpaired) electrons. The van der Waals surface area contributed by atoms with Gasteiger partial charge in [-0.15, -0.1) is 0 Å². The quantitative estimate of drug-likeness (QED) is 0.179. The van der Waals surface area contributed by atoms with E-state index in [2.05, 4.69) is 88.7 Å². The molecule has 0 amide bonds. The van der Waals surface area contributed by atoms with Crippen LogP contribution in [-0.4, -0.2) is 7.12 Å². The van der Waals surface area contributed by atoms with Gasteiger partial charge >= 0.3 is 204 Å². The normalized spacial score (nSPS) is 25.0. The molecular weight excluding hydrogens is 594 g/mol. The van der Waals surface area contributed by atoms with Gasteiger partial charge < -0.3 is 0 Å². The molecule has 30 heavy (non-hydrogen) atoms. The number of thiol groups is 1.